The molecule has 0 bridgehead atoms. The largest absolute Gasteiger partial charge is 0.488 e. The van der Waals surface area contributed by atoms with E-state index in [4.69, 9.17) is 14.2 Å². The fourth-order valence-corrected chi connectivity index (χ4v) is 2.89. The third-order valence-corrected chi connectivity index (χ3v) is 4.24. The molecule has 0 unspecified atom stereocenters. The SMILES string of the molecule is CCOC(=O)CCCOc1c(F)cc(-c2ccccc2Oc2ccccc2)cc1F. The molecule has 6 heteroatoms. The number of hydrogen-bond donors (Lipinski definition) is 0. The predicted octanol–water partition coefficient (Wildman–Crippen LogP) is 6.15. The van der Waals surface area contributed by atoms with E-state index in [0.29, 0.717) is 35.7 Å². The fourth-order valence-electron chi connectivity index (χ4n) is 2.89. The summed E-state index contributed by atoms with van der Waals surface area (Å²) in [6.45, 7) is 2.00. The monoisotopic (exact) mass is 412 g/mol. The summed E-state index contributed by atoms with van der Waals surface area (Å²) in [6, 6.07) is 18.6. The summed E-state index contributed by atoms with van der Waals surface area (Å²) in [4.78, 5) is 11.3. The normalized spacial score (nSPS) is 10.5. The van der Waals surface area contributed by atoms with E-state index < -0.39 is 17.4 Å². The first-order valence-corrected chi connectivity index (χ1v) is 9.68. The first kappa shape index (κ1) is 21.3. The van der Waals surface area contributed by atoms with E-state index in [1.165, 1.54) is 12.1 Å². The molecule has 0 heterocycles. The smallest absolute Gasteiger partial charge is 0.305 e. The van der Waals surface area contributed by atoms with Crippen molar-refractivity contribution in [3.05, 3.63) is 78.4 Å². The Morgan fingerprint density at radius 1 is 0.933 bits per heavy atom. The Kier molecular flexibility index (Phi) is 7.38. The first-order valence-electron chi connectivity index (χ1n) is 9.68. The van der Waals surface area contributed by atoms with Gasteiger partial charge in [-0.3, -0.25) is 4.79 Å². The highest BCUT2D eigenvalue weighted by atomic mass is 19.1. The average Bonchev–Trinajstić information content (AvgIpc) is 2.74. The summed E-state index contributed by atoms with van der Waals surface area (Å²) >= 11 is 0. The van der Waals surface area contributed by atoms with Crippen LogP contribution in [-0.4, -0.2) is 19.2 Å². The molecule has 0 aromatic heterocycles. The van der Waals surface area contributed by atoms with Crippen molar-refractivity contribution in [3.63, 3.8) is 0 Å². The highest BCUT2D eigenvalue weighted by Crippen LogP contribution is 2.36. The summed E-state index contributed by atoms with van der Waals surface area (Å²) in [6.07, 6.45) is 0.423. The lowest BCUT2D eigenvalue weighted by atomic mass is 10.0. The van der Waals surface area contributed by atoms with Gasteiger partial charge in [0.15, 0.2) is 17.4 Å². The Bertz CT molecular complexity index is 967. The lowest BCUT2D eigenvalue weighted by Gasteiger charge is -2.13. The van der Waals surface area contributed by atoms with Crippen LogP contribution in [0.15, 0.2) is 66.7 Å². The molecule has 0 aliphatic rings. The maximum Gasteiger partial charge on any atom is 0.305 e. The Morgan fingerprint density at radius 3 is 2.30 bits per heavy atom. The van der Waals surface area contributed by atoms with Crippen molar-refractivity contribution in [2.24, 2.45) is 0 Å². The van der Waals surface area contributed by atoms with Crippen LogP contribution in [0.5, 0.6) is 17.2 Å². The van der Waals surface area contributed by atoms with Gasteiger partial charge < -0.3 is 14.2 Å². The number of hydrogen-bond acceptors (Lipinski definition) is 4. The zero-order valence-corrected chi connectivity index (χ0v) is 16.6. The molecule has 0 N–H and O–H groups in total. The van der Waals surface area contributed by atoms with E-state index in [9.17, 15) is 13.6 Å². The maximum atomic E-state index is 14.6. The van der Waals surface area contributed by atoms with Crippen LogP contribution in [-0.2, 0) is 9.53 Å². The molecule has 0 aliphatic carbocycles. The average molecular weight is 412 g/mol. The van der Waals surface area contributed by atoms with Gasteiger partial charge in [0.1, 0.15) is 11.5 Å². The molecule has 0 spiro atoms. The molecule has 3 aromatic carbocycles. The van der Waals surface area contributed by atoms with Gasteiger partial charge in [0.25, 0.3) is 0 Å². The maximum absolute atomic E-state index is 14.6. The summed E-state index contributed by atoms with van der Waals surface area (Å²) in [5.41, 5.74) is 0.878. The molecule has 0 fully saturated rings. The van der Waals surface area contributed by atoms with Crippen molar-refractivity contribution in [1.29, 1.82) is 0 Å². The molecule has 0 saturated heterocycles. The van der Waals surface area contributed by atoms with Gasteiger partial charge in [0.05, 0.1) is 13.2 Å². The molecule has 0 saturated carbocycles. The van der Waals surface area contributed by atoms with Crippen molar-refractivity contribution in [1.82, 2.24) is 0 Å². The number of rotatable bonds is 9. The second-order valence-corrected chi connectivity index (χ2v) is 6.44. The van der Waals surface area contributed by atoms with Gasteiger partial charge in [-0.25, -0.2) is 8.78 Å². The van der Waals surface area contributed by atoms with E-state index >= 15 is 0 Å². The molecule has 0 radical (unpaired) electrons. The standard InChI is InChI=1S/C24H22F2O4/c1-2-28-23(27)13-8-14-29-24-20(25)15-17(16-21(24)26)19-11-6-7-12-22(19)30-18-9-4-3-5-10-18/h3-7,9-12,15-16H,2,8,13-14H2,1H3. The van der Waals surface area contributed by atoms with Crippen LogP contribution >= 0.6 is 0 Å². The topological polar surface area (TPSA) is 44.8 Å². The lowest BCUT2D eigenvalue weighted by Crippen LogP contribution is -2.08. The number of ether oxygens (including phenoxy) is 3. The first-order chi connectivity index (χ1) is 14.6. The fraction of sp³-hybridized carbons (Fsp3) is 0.208. The van der Waals surface area contributed by atoms with E-state index in [1.54, 1.807) is 43.3 Å². The van der Waals surface area contributed by atoms with E-state index in [1.807, 2.05) is 18.2 Å². The van der Waals surface area contributed by atoms with Crippen molar-refractivity contribution >= 4 is 5.97 Å². The second kappa shape index (κ2) is 10.4. The Labute approximate surface area is 174 Å². The number of para-hydroxylation sites is 2. The molecule has 0 atom stereocenters. The predicted molar refractivity (Wildman–Crippen MR) is 110 cm³/mol. The van der Waals surface area contributed by atoms with Crippen LogP contribution in [0.25, 0.3) is 11.1 Å². The molecular formula is C24H22F2O4. The minimum absolute atomic E-state index is 0.000291. The minimum Gasteiger partial charge on any atom is -0.488 e. The number of esters is 1. The molecule has 4 nitrogen and oxygen atoms in total. The van der Waals surface area contributed by atoms with E-state index in [2.05, 4.69) is 0 Å². The highest BCUT2D eigenvalue weighted by molar-refractivity contribution is 5.71. The molecule has 156 valence electrons. The van der Waals surface area contributed by atoms with Crippen LogP contribution in [0.1, 0.15) is 19.8 Å². The van der Waals surface area contributed by atoms with Gasteiger partial charge in [-0.1, -0.05) is 36.4 Å². The molecular weight excluding hydrogens is 390 g/mol. The van der Waals surface area contributed by atoms with Gasteiger partial charge in [0.2, 0.25) is 0 Å². The Hall–Kier alpha value is -3.41. The second-order valence-electron chi connectivity index (χ2n) is 6.44. The molecule has 30 heavy (non-hydrogen) atoms. The zero-order valence-electron chi connectivity index (χ0n) is 16.6. The van der Waals surface area contributed by atoms with Crippen molar-refractivity contribution in [3.8, 4) is 28.4 Å². The van der Waals surface area contributed by atoms with Gasteiger partial charge in [0, 0.05) is 12.0 Å². The minimum atomic E-state index is -0.823. The van der Waals surface area contributed by atoms with Crippen molar-refractivity contribution in [2.45, 2.75) is 19.8 Å². The van der Waals surface area contributed by atoms with Crippen LogP contribution < -0.4 is 9.47 Å². The van der Waals surface area contributed by atoms with Gasteiger partial charge in [-0.2, -0.15) is 0 Å². The molecule has 3 aromatic rings. The van der Waals surface area contributed by atoms with E-state index in [0.717, 1.165) is 0 Å². The number of carbonyl (C=O) groups is 1. The quantitative estimate of drug-likeness (QED) is 0.313. The zero-order chi connectivity index (χ0) is 21.3. The van der Waals surface area contributed by atoms with Gasteiger partial charge in [-0.15, -0.1) is 0 Å². The molecule has 3 rings (SSSR count). The van der Waals surface area contributed by atoms with Crippen LogP contribution in [0, 0.1) is 11.6 Å². The molecule has 0 aliphatic heterocycles. The van der Waals surface area contributed by atoms with Crippen LogP contribution in [0.4, 0.5) is 8.78 Å². The summed E-state index contributed by atoms with van der Waals surface area (Å²) < 4.78 is 45.0. The number of benzene rings is 3. The van der Waals surface area contributed by atoms with Gasteiger partial charge >= 0.3 is 5.97 Å². The van der Waals surface area contributed by atoms with Crippen LogP contribution in [0.3, 0.4) is 0 Å². The van der Waals surface area contributed by atoms with E-state index in [-0.39, 0.29) is 19.0 Å². The van der Waals surface area contributed by atoms with Gasteiger partial charge in [-0.05, 0) is 49.2 Å². The third kappa shape index (κ3) is 5.56. The molecule has 0 amide bonds. The Morgan fingerprint density at radius 2 is 1.60 bits per heavy atom. The Balaban J connectivity index is 1.75. The number of halogens is 2. The van der Waals surface area contributed by atoms with Crippen LogP contribution in [0.2, 0.25) is 0 Å². The highest BCUT2D eigenvalue weighted by Gasteiger charge is 2.16. The lowest BCUT2D eigenvalue weighted by molar-refractivity contribution is -0.143. The number of carbonyl (C=O) groups excluding carboxylic acids is 1. The third-order valence-electron chi connectivity index (χ3n) is 4.24. The summed E-state index contributed by atoms with van der Waals surface area (Å²) in [5, 5.41) is 0. The summed E-state index contributed by atoms with van der Waals surface area (Å²) in [7, 11) is 0. The summed E-state index contributed by atoms with van der Waals surface area (Å²) in [5.74, 6) is -1.39. The van der Waals surface area contributed by atoms with Crippen molar-refractivity contribution < 1.29 is 27.8 Å². The van der Waals surface area contributed by atoms with Crippen molar-refractivity contribution in [2.75, 3.05) is 13.2 Å².